The van der Waals surface area contributed by atoms with Crippen LogP contribution in [0.15, 0.2) is 42.5 Å². The lowest BCUT2D eigenvalue weighted by atomic mass is 10.1. The first kappa shape index (κ1) is 12.9. The molecule has 0 aromatic heterocycles. The van der Waals surface area contributed by atoms with Crippen molar-refractivity contribution in [2.24, 2.45) is 0 Å². The number of anilines is 1. The SMILES string of the molecule is O=C(Nc1ccc(F)cc1Cl)C1Cc2ccccc2O1. The summed E-state index contributed by atoms with van der Waals surface area (Å²) in [5.74, 6) is -0.0231. The largest absolute Gasteiger partial charge is 0.480 e. The molecule has 1 amide bonds. The number of ether oxygens (including phenoxy) is 1. The number of benzene rings is 2. The lowest BCUT2D eigenvalue weighted by Crippen LogP contribution is -2.31. The number of halogens is 2. The summed E-state index contributed by atoms with van der Waals surface area (Å²) in [5.41, 5.74) is 1.37. The number of nitrogens with one attached hydrogen (secondary N) is 1. The van der Waals surface area contributed by atoms with E-state index in [1.54, 1.807) is 0 Å². The molecule has 1 heterocycles. The number of hydrogen-bond donors (Lipinski definition) is 1. The number of carbonyl (C=O) groups is 1. The lowest BCUT2D eigenvalue weighted by Gasteiger charge is -2.12. The minimum atomic E-state index is -0.589. The van der Waals surface area contributed by atoms with E-state index in [1.165, 1.54) is 12.1 Å². The second kappa shape index (κ2) is 5.13. The van der Waals surface area contributed by atoms with Crippen LogP contribution in [-0.2, 0) is 11.2 Å². The molecule has 0 aliphatic carbocycles. The highest BCUT2D eigenvalue weighted by molar-refractivity contribution is 6.33. The highest BCUT2D eigenvalue weighted by Gasteiger charge is 2.29. The van der Waals surface area contributed by atoms with Crippen molar-refractivity contribution in [1.29, 1.82) is 0 Å². The maximum atomic E-state index is 12.9. The van der Waals surface area contributed by atoms with Crippen molar-refractivity contribution in [3.63, 3.8) is 0 Å². The summed E-state index contributed by atoms with van der Waals surface area (Å²) >= 11 is 5.87. The van der Waals surface area contributed by atoms with Crippen LogP contribution in [0.2, 0.25) is 5.02 Å². The Bertz CT molecular complexity index is 650. The Morgan fingerprint density at radius 2 is 2.10 bits per heavy atom. The highest BCUT2D eigenvalue weighted by atomic mass is 35.5. The standard InChI is InChI=1S/C15H11ClFNO2/c16-11-8-10(17)5-6-12(11)18-15(19)14-7-9-3-1-2-4-13(9)20-14/h1-6,8,14H,7H2,(H,18,19). The molecule has 3 nitrogen and oxygen atoms in total. The summed E-state index contributed by atoms with van der Waals surface area (Å²) in [6.07, 6.45) is -0.0746. The van der Waals surface area contributed by atoms with Crippen LogP contribution >= 0.6 is 11.6 Å². The Balaban J connectivity index is 1.72. The molecule has 0 fully saturated rings. The number of rotatable bonds is 2. The average molecular weight is 292 g/mol. The number of amides is 1. The maximum absolute atomic E-state index is 12.9. The van der Waals surface area contributed by atoms with Crippen LogP contribution in [0.1, 0.15) is 5.56 Å². The molecule has 0 spiro atoms. The molecule has 2 aromatic carbocycles. The van der Waals surface area contributed by atoms with E-state index in [0.29, 0.717) is 12.1 Å². The summed E-state index contributed by atoms with van der Waals surface area (Å²) < 4.78 is 18.5. The normalized spacial score (nSPS) is 16.4. The van der Waals surface area contributed by atoms with E-state index in [2.05, 4.69) is 5.32 Å². The molecule has 20 heavy (non-hydrogen) atoms. The Morgan fingerprint density at radius 3 is 2.85 bits per heavy atom. The van der Waals surface area contributed by atoms with Crippen LogP contribution in [0, 0.1) is 5.82 Å². The van der Waals surface area contributed by atoms with Crippen molar-refractivity contribution >= 4 is 23.2 Å². The van der Waals surface area contributed by atoms with Crippen LogP contribution in [0.25, 0.3) is 0 Å². The molecule has 0 bridgehead atoms. The van der Waals surface area contributed by atoms with Gasteiger partial charge in [0, 0.05) is 6.42 Å². The molecule has 1 unspecified atom stereocenters. The van der Waals surface area contributed by atoms with Gasteiger partial charge in [0.05, 0.1) is 10.7 Å². The fourth-order valence-electron chi connectivity index (χ4n) is 2.13. The Morgan fingerprint density at radius 1 is 1.30 bits per heavy atom. The van der Waals surface area contributed by atoms with Gasteiger partial charge in [-0.1, -0.05) is 29.8 Å². The van der Waals surface area contributed by atoms with Crippen LogP contribution < -0.4 is 10.1 Å². The first-order valence-corrected chi connectivity index (χ1v) is 6.52. The lowest BCUT2D eigenvalue weighted by molar-refractivity contribution is -0.122. The summed E-state index contributed by atoms with van der Waals surface area (Å²) in [4.78, 5) is 12.1. The van der Waals surface area contributed by atoms with Crippen LogP contribution in [0.5, 0.6) is 5.75 Å². The van der Waals surface area contributed by atoms with Crippen molar-refractivity contribution < 1.29 is 13.9 Å². The number of fused-ring (bicyclic) bond motifs is 1. The van der Waals surface area contributed by atoms with Gasteiger partial charge in [0.1, 0.15) is 11.6 Å². The summed E-state index contributed by atoms with van der Waals surface area (Å²) in [6, 6.07) is 11.3. The molecular formula is C15H11ClFNO2. The fraction of sp³-hybridized carbons (Fsp3) is 0.133. The van der Waals surface area contributed by atoms with Crippen molar-refractivity contribution in [2.75, 3.05) is 5.32 Å². The van der Waals surface area contributed by atoms with Crippen molar-refractivity contribution in [3.8, 4) is 5.75 Å². The van der Waals surface area contributed by atoms with Crippen molar-refractivity contribution in [2.45, 2.75) is 12.5 Å². The Hall–Kier alpha value is -2.07. The van der Waals surface area contributed by atoms with Crippen LogP contribution in [0.3, 0.4) is 0 Å². The number of para-hydroxylation sites is 1. The molecule has 0 radical (unpaired) electrons. The predicted octanol–water partition coefficient (Wildman–Crippen LogP) is 3.42. The molecule has 0 saturated heterocycles. The van der Waals surface area contributed by atoms with Gasteiger partial charge in [-0.05, 0) is 29.8 Å². The van der Waals surface area contributed by atoms with Gasteiger partial charge < -0.3 is 10.1 Å². The van der Waals surface area contributed by atoms with Gasteiger partial charge in [-0.15, -0.1) is 0 Å². The zero-order valence-corrected chi connectivity index (χ0v) is 11.2. The minimum Gasteiger partial charge on any atom is -0.480 e. The smallest absolute Gasteiger partial charge is 0.265 e. The maximum Gasteiger partial charge on any atom is 0.265 e. The molecule has 1 atom stereocenters. The van der Waals surface area contributed by atoms with Crippen LogP contribution in [0.4, 0.5) is 10.1 Å². The average Bonchev–Trinajstić information content (AvgIpc) is 2.86. The molecule has 0 saturated carbocycles. The zero-order valence-electron chi connectivity index (χ0n) is 10.4. The third kappa shape index (κ3) is 2.47. The minimum absolute atomic E-state index is 0.161. The molecular weight excluding hydrogens is 281 g/mol. The number of hydrogen-bond acceptors (Lipinski definition) is 2. The topological polar surface area (TPSA) is 38.3 Å². The molecule has 5 heteroatoms. The summed E-state index contributed by atoms with van der Waals surface area (Å²) in [7, 11) is 0. The Labute approximate surface area is 120 Å². The molecule has 2 aromatic rings. The zero-order chi connectivity index (χ0) is 14.1. The highest BCUT2D eigenvalue weighted by Crippen LogP contribution is 2.29. The Kier molecular flexibility index (Phi) is 3.32. The first-order valence-electron chi connectivity index (χ1n) is 6.14. The molecule has 102 valence electrons. The van der Waals surface area contributed by atoms with E-state index >= 15 is 0 Å². The first-order chi connectivity index (χ1) is 9.63. The second-order valence-electron chi connectivity index (χ2n) is 4.53. The van der Waals surface area contributed by atoms with E-state index < -0.39 is 11.9 Å². The monoisotopic (exact) mass is 291 g/mol. The van der Waals surface area contributed by atoms with Gasteiger partial charge in [-0.2, -0.15) is 0 Å². The molecule has 1 aliphatic heterocycles. The predicted molar refractivity (Wildman–Crippen MR) is 74.6 cm³/mol. The van der Waals surface area contributed by atoms with E-state index in [1.807, 2.05) is 24.3 Å². The van der Waals surface area contributed by atoms with E-state index in [-0.39, 0.29) is 10.9 Å². The second-order valence-corrected chi connectivity index (χ2v) is 4.94. The van der Waals surface area contributed by atoms with Gasteiger partial charge in [0.25, 0.3) is 5.91 Å². The summed E-state index contributed by atoms with van der Waals surface area (Å²) in [5, 5.41) is 2.81. The van der Waals surface area contributed by atoms with Crippen molar-refractivity contribution in [3.05, 3.63) is 58.9 Å². The van der Waals surface area contributed by atoms with Crippen LogP contribution in [-0.4, -0.2) is 12.0 Å². The molecule has 1 N–H and O–H groups in total. The number of carbonyl (C=O) groups excluding carboxylic acids is 1. The third-order valence-corrected chi connectivity index (χ3v) is 3.44. The third-order valence-electron chi connectivity index (χ3n) is 3.13. The molecule has 3 rings (SSSR count). The molecule has 1 aliphatic rings. The van der Waals surface area contributed by atoms with E-state index in [0.717, 1.165) is 17.4 Å². The van der Waals surface area contributed by atoms with Gasteiger partial charge in [0.2, 0.25) is 0 Å². The quantitative estimate of drug-likeness (QED) is 0.921. The summed E-state index contributed by atoms with van der Waals surface area (Å²) in [6.45, 7) is 0. The van der Waals surface area contributed by atoms with Gasteiger partial charge in [0.15, 0.2) is 6.10 Å². The van der Waals surface area contributed by atoms with Gasteiger partial charge in [-0.25, -0.2) is 4.39 Å². The van der Waals surface area contributed by atoms with Crippen molar-refractivity contribution in [1.82, 2.24) is 0 Å². The van der Waals surface area contributed by atoms with Gasteiger partial charge >= 0.3 is 0 Å². The van der Waals surface area contributed by atoms with E-state index in [4.69, 9.17) is 16.3 Å². The fourth-order valence-corrected chi connectivity index (χ4v) is 2.35. The van der Waals surface area contributed by atoms with Gasteiger partial charge in [-0.3, -0.25) is 4.79 Å². The van der Waals surface area contributed by atoms with E-state index in [9.17, 15) is 9.18 Å².